The molecule has 1 amide bonds. The van der Waals surface area contributed by atoms with Crippen molar-refractivity contribution in [3.8, 4) is 5.75 Å². The van der Waals surface area contributed by atoms with Gasteiger partial charge in [-0.1, -0.05) is 18.2 Å². The fourth-order valence-corrected chi connectivity index (χ4v) is 3.37. The van der Waals surface area contributed by atoms with Gasteiger partial charge in [-0.3, -0.25) is 4.79 Å². The van der Waals surface area contributed by atoms with Crippen molar-refractivity contribution in [2.24, 2.45) is 0 Å². The molecule has 0 unspecified atom stereocenters. The second kappa shape index (κ2) is 7.47. The topological polar surface area (TPSA) is 81.7 Å². The maximum atomic E-state index is 12.3. The smallest absolute Gasteiger partial charge is 0.336 e. The third-order valence-electron chi connectivity index (χ3n) is 4.93. The maximum absolute atomic E-state index is 12.3. The normalized spacial score (nSPS) is 12.2. The van der Waals surface area contributed by atoms with Gasteiger partial charge in [-0.15, -0.1) is 0 Å². The van der Waals surface area contributed by atoms with Gasteiger partial charge in [0.1, 0.15) is 22.7 Å². The highest BCUT2D eigenvalue weighted by atomic mass is 16.5. The molecule has 0 fully saturated rings. The average molecular weight is 391 g/mol. The number of benzene rings is 2. The molecule has 6 heteroatoms. The average Bonchev–Trinajstić information content (AvgIpc) is 3.12. The Hall–Kier alpha value is -3.54. The first-order chi connectivity index (χ1) is 13.9. The Kier molecular flexibility index (Phi) is 4.84. The molecule has 0 bridgehead atoms. The molecule has 0 spiro atoms. The van der Waals surface area contributed by atoms with Gasteiger partial charge in [0.05, 0.1) is 6.04 Å². The molecule has 0 aliphatic carbocycles. The van der Waals surface area contributed by atoms with Crippen LogP contribution in [0.5, 0.6) is 5.75 Å². The molecule has 2 heterocycles. The summed E-state index contributed by atoms with van der Waals surface area (Å²) in [7, 11) is 0. The molecule has 0 saturated heterocycles. The Morgan fingerprint density at radius 1 is 1.10 bits per heavy atom. The summed E-state index contributed by atoms with van der Waals surface area (Å²) < 4.78 is 16.8. The van der Waals surface area contributed by atoms with Gasteiger partial charge in [0.15, 0.2) is 6.61 Å². The number of furan rings is 1. The molecular weight excluding hydrogens is 370 g/mol. The first-order valence-electron chi connectivity index (χ1n) is 9.37. The van der Waals surface area contributed by atoms with E-state index in [4.69, 9.17) is 13.6 Å². The van der Waals surface area contributed by atoms with Gasteiger partial charge in [0.2, 0.25) is 0 Å². The molecule has 0 radical (unpaired) electrons. The fraction of sp³-hybridized carbons (Fsp3) is 0.217. The highest BCUT2D eigenvalue weighted by molar-refractivity contribution is 5.85. The molecule has 0 saturated carbocycles. The van der Waals surface area contributed by atoms with Crippen molar-refractivity contribution < 1.29 is 18.4 Å². The van der Waals surface area contributed by atoms with Crippen molar-refractivity contribution in [1.82, 2.24) is 5.32 Å². The summed E-state index contributed by atoms with van der Waals surface area (Å²) in [6.07, 6.45) is 0. The molecule has 2 aromatic heterocycles. The van der Waals surface area contributed by atoms with Crippen LogP contribution in [0.3, 0.4) is 0 Å². The molecule has 4 aromatic rings. The van der Waals surface area contributed by atoms with E-state index >= 15 is 0 Å². The number of hydrogen-bond donors (Lipinski definition) is 1. The summed E-state index contributed by atoms with van der Waals surface area (Å²) in [5.74, 6) is 0.902. The number of aryl methyl sites for hydroxylation is 2. The highest BCUT2D eigenvalue weighted by Crippen LogP contribution is 2.28. The van der Waals surface area contributed by atoms with Crippen LogP contribution in [0.15, 0.2) is 62.2 Å². The van der Waals surface area contributed by atoms with Crippen LogP contribution in [0.25, 0.3) is 21.9 Å². The molecule has 0 aliphatic rings. The van der Waals surface area contributed by atoms with Gasteiger partial charge < -0.3 is 18.9 Å². The SMILES string of the molecule is Cc1cc(=O)oc2c(C)c(OCC(=O)N[C@H](C)c3cc4ccccc4o3)ccc12. The van der Waals surface area contributed by atoms with Crippen molar-refractivity contribution >= 4 is 27.8 Å². The van der Waals surface area contributed by atoms with E-state index in [1.54, 1.807) is 13.0 Å². The quantitative estimate of drug-likeness (QED) is 0.510. The van der Waals surface area contributed by atoms with Crippen LogP contribution >= 0.6 is 0 Å². The van der Waals surface area contributed by atoms with Gasteiger partial charge in [0.25, 0.3) is 5.91 Å². The van der Waals surface area contributed by atoms with E-state index in [9.17, 15) is 9.59 Å². The number of fused-ring (bicyclic) bond motifs is 2. The lowest BCUT2D eigenvalue weighted by atomic mass is 10.1. The van der Waals surface area contributed by atoms with Crippen molar-refractivity contribution in [2.45, 2.75) is 26.8 Å². The van der Waals surface area contributed by atoms with Crippen LogP contribution in [-0.4, -0.2) is 12.5 Å². The third-order valence-corrected chi connectivity index (χ3v) is 4.93. The lowest BCUT2D eigenvalue weighted by Gasteiger charge is -2.14. The van der Waals surface area contributed by atoms with E-state index in [1.807, 2.05) is 50.2 Å². The number of ether oxygens (including phenoxy) is 1. The zero-order valence-electron chi connectivity index (χ0n) is 16.4. The Balaban J connectivity index is 1.45. The number of rotatable bonds is 5. The number of carbonyl (C=O) groups is 1. The number of hydrogen-bond acceptors (Lipinski definition) is 5. The summed E-state index contributed by atoms with van der Waals surface area (Å²) in [5, 5.41) is 4.71. The number of carbonyl (C=O) groups excluding carboxylic acids is 1. The van der Waals surface area contributed by atoms with Gasteiger partial charge in [-0.2, -0.15) is 0 Å². The van der Waals surface area contributed by atoms with Gasteiger partial charge >= 0.3 is 5.63 Å². The zero-order valence-corrected chi connectivity index (χ0v) is 16.4. The Morgan fingerprint density at radius 2 is 1.90 bits per heavy atom. The number of nitrogens with one attached hydrogen (secondary N) is 1. The van der Waals surface area contributed by atoms with Gasteiger partial charge in [-0.05, 0) is 50.6 Å². The van der Waals surface area contributed by atoms with Crippen molar-refractivity contribution in [1.29, 1.82) is 0 Å². The molecule has 2 aromatic carbocycles. The summed E-state index contributed by atoms with van der Waals surface area (Å²) in [6, 6.07) is 14.4. The minimum atomic E-state index is -0.410. The molecule has 29 heavy (non-hydrogen) atoms. The van der Waals surface area contributed by atoms with Crippen molar-refractivity contribution in [3.05, 3.63) is 75.8 Å². The minimum Gasteiger partial charge on any atom is -0.483 e. The van der Waals surface area contributed by atoms with Crippen LogP contribution < -0.4 is 15.7 Å². The van der Waals surface area contributed by atoms with Crippen molar-refractivity contribution in [2.75, 3.05) is 6.61 Å². The molecule has 148 valence electrons. The predicted molar refractivity (Wildman–Crippen MR) is 110 cm³/mol. The third kappa shape index (κ3) is 3.74. The van der Waals surface area contributed by atoms with Crippen LogP contribution in [0, 0.1) is 13.8 Å². The van der Waals surface area contributed by atoms with Crippen LogP contribution in [0.1, 0.15) is 29.9 Å². The van der Waals surface area contributed by atoms with Crippen LogP contribution in [0.2, 0.25) is 0 Å². The van der Waals surface area contributed by atoms with Crippen molar-refractivity contribution in [3.63, 3.8) is 0 Å². The standard InChI is InChI=1S/C23H21NO5/c1-13-10-22(26)29-23-14(2)18(9-8-17(13)23)27-12-21(25)24-15(3)20-11-16-6-4-5-7-19(16)28-20/h4-11,15H,12H2,1-3H3,(H,24,25)/t15-/m1/s1. The molecule has 0 aliphatic heterocycles. The van der Waals surface area contributed by atoms with E-state index in [-0.39, 0.29) is 18.6 Å². The molecule has 1 atom stereocenters. The monoisotopic (exact) mass is 391 g/mol. The Bertz CT molecular complexity index is 1230. The Labute approximate surface area is 167 Å². The van der Waals surface area contributed by atoms with E-state index in [1.165, 1.54) is 6.07 Å². The van der Waals surface area contributed by atoms with E-state index in [0.717, 1.165) is 21.9 Å². The minimum absolute atomic E-state index is 0.160. The summed E-state index contributed by atoms with van der Waals surface area (Å²) >= 11 is 0. The molecule has 6 nitrogen and oxygen atoms in total. The van der Waals surface area contributed by atoms with Gasteiger partial charge in [0, 0.05) is 22.4 Å². The van der Waals surface area contributed by atoms with Crippen LogP contribution in [-0.2, 0) is 4.79 Å². The number of para-hydroxylation sites is 1. The molecular formula is C23H21NO5. The second-order valence-corrected chi connectivity index (χ2v) is 7.08. The van der Waals surface area contributed by atoms with Gasteiger partial charge in [-0.25, -0.2) is 4.79 Å². The van der Waals surface area contributed by atoms with Crippen LogP contribution in [0.4, 0.5) is 0 Å². The molecule has 4 rings (SSSR count). The lowest BCUT2D eigenvalue weighted by molar-refractivity contribution is -0.123. The van der Waals surface area contributed by atoms with E-state index < -0.39 is 5.63 Å². The summed E-state index contributed by atoms with van der Waals surface area (Å²) in [5.41, 5.74) is 2.37. The van der Waals surface area contributed by atoms with E-state index in [0.29, 0.717) is 22.7 Å². The second-order valence-electron chi connectivity index (χ2n) is 7.08. The summed E-state index contributed by atoms with van der Waals surface area (Å²) in [4.78, 5) is 24.0. The zero-order chi connectivity index (χ0) is 20.5. The lowest BCUT2D eigenvalue weighted by Crippen LogP contribution is -2.31. The number of amides is 1. The first-order valence-corrected chi connectivity index (χ1v) is 9.37. The predicted octanol–water partition coefficient (Wildman–Crippen LogP) is 4.41. The maximum Gasteiger partial charge on any atom is 0.336 e. The first kappa shape index (κ1) is 18.8. The highest BCUT2D eigenvalue weighted by Gasteiger charge is 2.16. The largest absolute Gasteiger partial charge is 0.483 e. The summed E-state index contributed by atoms with van der Waals surface area (Å²) in [6.45, 7) is 5.35. The fourth-order valence-electron chi connectivity index (χ4n) is 3.37. The molecule has 1 N–H and O–H groups in total. The Morgan fingerprint density at radius 3 is 2.69 bits per heavy atom. The van der Waals surface area contributed by atoms with E-state index in [2.05, 4.69) is 5.32 Å².